The quantitative estimate of drug-likeness (QED) is 0.763. The van der Waals surface area contributed by atoms with Crippen molar-refractivity contribution in [3.05, 3.63) is 3.95 Å². The second-order valence-corrected chi connectivity index (χ2v) is 5.70. The van der Waals surface area contributed by atoms with Crippen LogP contribution in [0.1, 0.15) is 13.3 Å². The zero-order chi connectivity index (χ0) is 10.8. The topological polar surface area (TPSA) is 35.2 Å². The third kappa shape index (κ3) is 2.56. The predicted octanol–water partition coefficient (Wildman–Crippen LogP) is 1.73. The number of anilines is 1. The molecule has 0 bridgehead atoms. The first-order chi connectivity index (χ1) is 7.16. The van der Waals surface area contributed by atoms with Crippen molar-refractivity contribution < 1.29 is 0 Å². The Bertz CT molecular complexity index is 372. The van der Waals surface area contributed by atoms with Gasteiger partial charge in [0.2, 0.25) is 5.13 Å². The van der Waals surface area contributed by atoms with Gasteiger partial charge in [-0.15, -0.1) is 5.10 Å². The Hall–Kier alpha value is -0.460. The summed E-state index contributed by atoms with van der Waals surface area (Å²) in [5.74, 6) is 0. The van der Waals surface area contributed by atoms with E-state index in [1.807, 2.05) is 0 Å². The Morgan fingerprint density at radius 3 is 3.00 bits per heavy atom. The van der Waals surface area contributed by atoms with Crippen molar-refractivity contribution in [2.24, 2.45) is 0 Å². The molecule has 1 aromatic rings. The molecular formula is C9H16N4S2. The highest BCUT2D eigenvalue weighted by atomic mass is 32.1. The molecule has 1 saturated heterocycles. The van der Waals surface area contributed by atoms with Gasteiger partial charge in [-0.1, -0.05) is 11.3 Å². The molecule has 1 unspecified atom stereocenters. The van der Waals surface area contributed by atoms with Gasteiger partial charge >= 0.3 is 0 Å². The number of nitrogens with zero attached hydrogens (tertiary/aromatic N) is 3. The molecule has 1 aliphatic rings. The first-order valence-electron chi connectivity index (χ1n) is 5.17. The average molecular weight is 244 g/mol. The molecule has 2 rings (SSSR count). The standard InChI is InChI=1S/C9H16N4S2/c1-7-6-12(2)4-3-5-13(7)8-10-11-9(14)15-8/h7H,3-6H2,1-2H3,(H,11,14). The molecule has 84 valence electrons. The van der Waals surface area contributed by atoms with Gasteiger partial charge in [0.1, 0.15) is 0 Å². The molecule has 0 spiro atoms. The van der Waals surface area contributed by atoms with Crippen LogP contribution in [0.15, 0.2) is 0 Å². The molecule has 2 heterocycles. The van der Waals surface area contributed by atoms with Crippen LogP contribution in [0, 0.1) is 3.95 Å². The molecule has 0 saturated carbocycles. The Morgan fingerprint density at radius 2 is 2.33 bits per heavy atom. The monoisotopic (exact) mass is 244 g/mol. The maximum atomic E-state index is 5.06. The molecule has 4 nitrogen and oxygen atoms in total. The Balaban J connectivity index is 2.17. The van der Waals surface area contributed by atoms with Gasteiger partial charge in [0.05, 0.1) is 0 Å². The van der Waals surface area contributed by atoms with Crippen molar-refractivity contribution in [2.45, 2.75) is 19.4 Å². The smallest absolute Gasteiger partial charge is 0.207 e. The van der Waals surface area contributed by atoms with E-state index >= 15 is 0 Å². The van der Waals surface area contributed by atoms with Crippen LogP contribution < -0.4 is 4.90 Å². The molecule has 6 heteroatoms. The Kier molecular flexibility index (Phi) is 3.38. The lowest BCUT2D eigenvalue weighted by molar-refractivity contribution is 0.337. The van der Waals surface area contributed by atoms with E-state index in [1.54, 1.807) is 11.3 Å². The van der Waals surface area contributed by atoms with E-state index in [-0.39, 0.29) is 0 Å². The molecule has 0 aliphatic carbocycles. The fourth-order valence-electron chi connectivity index (χ4n) is 2.00. The van der Waals surface area contributed by atoms with E-state index in [1.165, 1.54) is 6.42 Å². The van der Waals surface area contributed by atoms with Crippen LogP contribution in [-0.4, -0.2) is 47.8 Å². The molecule has 1 N–H and O–H groups in total. The summed E-state index contributed by atoms with van der Waals surface area (Å²) in [5.41, 5.74) is 0. The maximum Gasteiger partial charge on any atom is 0.207 e. The lowest BCUT2D eigenvalue weighted by Crippen LogP contribution is -2.37. The number of nitrogens with one attached hydrogen (secondary N) is 1. The van der Waals surface area contributed by atoms with Gasteiger partial charge in [-0.2, -0.15) is 0 Å². The van der Waals surface area contributed by atoms with Crippen LogP contribution >= 0.6 is 23.6 Å². The Morgan fingerprint density at radius 1 is 1.53 bits per heavy atom. The summed E-state index contributed by atoms with van der Waals surface area (Å²) in [4.78, 5) is 4.72. The summed E-state index contributed by atoms with van der Waals surface area (Å²) in [6.45, 7) is 5.57. The number of likely N-dealkylation sites (N-methyl/N-ethyl adjacent to an activating group) is 1. The molecular weight excluding hydrogens is 228 g/mol. The van der Waals surface area contributed by atoms with Crippen molar-refractivity contribution in [1.82, 2.24) is 15.1 Å². The fraction of sp³-hybridized carbons (Fsp3) is 0.778. The van der Waals surface area contributed by atoms with Gasteiger partial charge in [-0.25, -0.2) is 0 Å². The summed E-state index contributed by atoms with van der Waals surface area (Å²) in [7, 11) is 2.17. The van der Waals surface area contributed by atoms with E-state index in [4.69, 9.17) is 12.2 Å². The maximum absolute atomic E-state index is 5.06. The van der Waals surface area contributed by atoms with Gasteiger partial charge in [-0.05, 0) is 39.2 Å². The van der Waals surface area contributed by atoms with Gasteiger partial charge in [0.25, 0.3) is 0 Å². The second-order valence-electron chi connectivity index (χ2n) is 4.05. The largest absolute Gasteiger partial charge is 0.343 e. The van der Waals surface area contributed by atoms with Crippen LogP contribution in [0.4, 0.5) is 5.13 Å². The molecule has 15 heavy (non-hydrogen) atoms. The van der Waals surface area contributed by atoms with Gasteiger partial charge in [0, 0.05) is 19.1 Å². The zero-order valence-corrected chi connectivity index (χ0v) is 10.7. The number of hydrogen-bond acceptors (Lipinski definition) is 5. The van der Waals surface area contributed by atoms with Crippen molar-refractivity contribution in [3.8, 4) is 0 Å². The Labute approximate surface area is 98.9 Å². The lowest BCUT2D eigenvalue weighted by Gasteiger charge is -2.26. The minimum absolute atomic E-state index is 0.506. The lowest BCUT2D eigenvalue weighted by atomic mass is 10.3. The number of aromatic nitrogens is 2. The average Bonchev–Trinajstić information content (AvgIpc) is 2.51. The van der Waals surface area contributed by atoms with E-state index < -0.39 is 0 Å². The van der Waals surface area contributed by atoms with E-state index in [2.05, 4.69) is 34.0 Å². The summed E-state index contributed by atoms with van der Waals surface area (Å²) >= 11 is 6.63. The third-order valence-corrected chi connectivity index (χ3v) is 3.85. The highest BCUT2D eigenvalue weighted by Gasteiger charge is 2.21. The van der Waals surface area contributed by atoms with Crippen molar-refractivity contribution in [1.29, 1.82) is 0 Å². The van der Waals surface area contributed by atoms with Crippen molar-refractivity contribution >= 4 is 28.7 Å². The molecule has 0 amide bonds. The first-order valence-corrected chi connectivity index (χ1v) is 6.40. The van der Waals surface area contributed by atoms with Gasteiger partial charge < -0.3 is 9.80 Å². The summed E-state index contributed by atoms with van der Waals surface area (Å²) in [6.07, 6.45) is 1.19. The molecule has 1 atom stereocenters. The zero-order valence-electron chi connectivity index (χ0n) is 9.06. The van der Waals surface area contributed by atoms with Crippen LogP contribution in [0.2, 0.25) is 0 Å². The van der Waals surface area contributed by atoms with E-state index in [0.717, 1.165) is 28.7 Å². The minimum Gasteiger partial charge on any atom is -0.343 e. The van der Waals surface area contributed by atoms with Crippen LogP contribution in [-0.2, 0) is 0 Å². The molecule has 0 aromatic carbocycles. The number of H-pyrrole nitrogens is 1. The SMILES string of the molecule is CC1CN(C)CCCN1c1n[nH]c(=S)s1. The summed E-state index contributed by atoms with van der Waals surface area (Å²) < 4.78 is 0.759. The first kappa shape index (κ1) is 11.0. The molecule has 1 aliphatic heterocycles. The third-order valence-electron chi connectivity index (χ3n) is 2.72. The summed E-state index contributed by atoms with van der Waals surface area (Å²) in [5, 5.41) is 8.13. The number of aromatic amines is 1. The van der Waals surface area contributed by atoms with E-state index in [0.29, 0.717) is 6.04 Å². The normalized spacial score (nSPS) is 24.1. The van der Waals surface area contributed by atoms with Crippen molar-refractivity contribution in [3.63, 3.8) is 0 Å². The highest BCUT2D eigenvalue weighted by Crippen LogP contribution is 2.22. The fourth-order valence-corrected chi connectivity index (χ4v) is 3.01. The van der Waals surface area contributed by atoms with Crippen LogP contribution in [0.25, 0.3) is 0 Å². The number of rotatable bonds is 1. The minimum atomic E-state index is 0.506. The van der Waals surface area contributed by atoms with Crippen molar-refractivity contribution in [2.75, 3.05) is 31.6 Å². The number of hydrogen-bond donors (Lipinski definition) is 1. The molecule has 0 radical (unpaired) electrons. The highest BCUT2D eigenvalue weighted by molar-refractivity contribution is 7.73. The van der Waals surface area contributed by atoms with Gasteiger partial charge in [0.15, 0.2) is 3.95 Å². The van der Waals surface area contributed by atoms with Crippen LogP contribution in [0.3, 0.4) is 0 Å². The molecule has 1 fully saturated rings. The van der Waals surface area contributed by atoms with Crippen LogP contribution in [0.5, 0.6) is 0 Å². The summed E-state index contributed by atoms with van der Waals surface area (Å²) in [6, 6.07) is 0.506. The second kappa shape index (κ2) is 4.59. The van der Waals surface area contributed by atoms with E-state index in [9.17, 15) is 0 Å². The molecule has 1 aromatic heterocycles. The van der Waals surface area contributed by atoms with Gasteiger partial charge in [-0.3, -0.25) is 5.10 Å². The predicted molar refractivity (Wildman–Crippen MR) is 66.2 cm³/mol.